The molecule has 17 heavy (non-hydrogen) atoms. The molecule has 0 N–H and O–H groups in total. The lowest BCUT2D eigenvalue weighted by atomic mass is 9.93. The molecule has 4 nitrogen and oxygen atoms in total. The van der Waals surface area contributed by atoms with Crippen molar-refractivity contribution in [2.45, 2.75) is 38.9 Å². The van der Waals surface area contributed by atoms with E-state index in [0.29, 0.717) is 5.71 Å². The molecule has 1 aliphatic rings. The minimum absolute atomic E-state index is 0.526. The lowest BCUT2D eigenvalue weighted by Crippen LogP contribution is -2.44. The maximum Gasteiger partial charge on any atom is 0.401 e. The highest BCUT2D eigenvalue weighted by Crippen LogP contribution is 2.31. The summed E-state index contributed by atoms with van der Waals surface area (Å²) in [5, 5.41) is 12.3. The van der Waals surface area contributed by atoms with Crippen LogP contribution < -0.4 is 0 Å². The van der Waals surface area contributed by atoms with Crippen LogP contribution in [0, 0.1) is 10.1 Å². The molecule has 0 spiro atoms. The molecule has 0 saturated carbocycles. The summed E-state index contributed by atoms with van der Waals surface area (Å²) in [6.07, 6.45) is 0. The summed E-state index contributed by atoms with van der Waals surface area (Å²) >= 11 is 0. The Kier molecular flexibility index (Phi) is 2.35. The van der Waals surface area contributed by atoms with E-state index in [0.717, 1.165) is 15.1 Å². The largest absolute Gasteiger partial charge is 0.618 e. The van der Waals surface area contributed by atoms with Gasteiger partial charge in [0.15, 0.2) is 0 Å². The first kappa shape index (κ1) is 11.8. The number of hydroxylamine groups is 1. The molecule has 0 aromatic heterocycles. The first-order valence-electron chi connectivity index (χ1n) is 5.67. The molecule has 1 aromatic rings. The van der Waals surface area contributed by atoms with Gasteiger partial charge in [-0.1, -0.05) is 18.2 Å². The van der Waals surface area contributed by atoms with Gasteiger partial charge in [-0.2, -0.15) is 0 Å². The Hall–Kier alpha value is -1.71. The van der Waals surface area contributed by atoms with Gasteiger partial charge in [0.05, 0.1) is 24.2 Å². The van der Waals surface area contributed by atoms with Crippen molar-refractivity contribution in [3.8, 4) is 0 Å². The Morgan fingerprint density at radius 1 is 1.06 bits per heavy atom. The molecule has 1 aromatic carbocycles. The van der Waals surface area contributed by atoms with Crippen molar-refractivity contribution in [1.82, 2.24) is 0 Å². The van der Waals surface area contributed by atoms with Gasteiger partial charge in [-0.15, -0.1) is 4.74 Å². The van der Waals surface area contributed by atoms with E-state index in [1.165, 1.54) is 0 Å². The molecule has 0 amide bonds. The van der Waals surface area contributed by atoms with Gasteiger partial charge in [-0.3, -0.25) is 0 Å². The molecular formula is C13H17N2O2+. The van der Waals surface area contributed by atoms with Crippen LogP contribution in [0.4, 0.5) is 0 Å². The van der Waals surface area contributed by atoms with Crippen molar-refractivity contribution in [2.75, 3.05) is 0 Å². The van der Waals surface area contributed by atoms with Crippen molar-refractivity contribution in [3.05, 3.63) is 46.0 Å². The van der Waals surface area contributed by atoms with Gasteiger partial charge < -0.3 is 5.21 Å². The van der Waals surface area contributed by atoms with Gasteiger partial charge in [-0.25, -0.2) is 0 Å². The number of nitroso groups, excluding NO2 is 1. The molecule has 90 valence electrons. The molecule has 4 heteroatoms. The first-order valence-corrected chi connectivity index (χ1v) is 5.67. The second kappa shape index (κ2) is 3.39. The maximum atomic E-state index is 12.3. The monoisotopic (exact) mass is 233 g/mol. The highest BCUT2D eigenvalue weighted by Gasteiger charge is 2.66. The predicted octanol–water partition coefficient (Wildman–Crippen LogP) is 2.29. The van der Waals surface area contributed by atoms with E-state index < -0.39 is 11.2 Å². The van der Waals surface area contributed by atoms with Crippen LogP contribution in [0.15, 0.2) is 30.3 Å². The molecular weight excluding hydrogens is 216 g/mol. The normalized spacial score (nSPS) is 22.0. The number of hydrogen-bond acceptors (Lipinski definition) is 2. The zero-order valence-electron chi connectivity index (χ0n) is 10.6. The molecule has 1 aliphatic heterocycles. The smallest absolute Gasteiger partial charge is 0.401 e. The quantitative estimate of drug-likeness (QED) is 0.552. The van der Waals surface area contributed by atoms with E-state index in [1.807, 2.05) is 30.3 Å². The van der Waals surface area contributed by atoms with Gasteiger partial charge in [0.25, 0.3) is 11.3 Å². The maximum absolute atomic E-state index is 12.3. The van der Waals surface area contributed by atoms with E-state index in [1.54, 1.807) is 27.7 Å². The standard InChI is InChI=1S/C13H17N2O2/c1-12(2)11(10-8-6-5-7-9-10)14(16)13(3,4)15(12)17/h5-9H,1-4H3/q+1. The molecule has 0 aliphatic carbocycles. The van der Waals surface area contributed by atoms with Gasteiger partial charge >= 0.3 is 5.66 Å². The van der Waals surface area contributed by atoms with Crippen LogP contribution in [0.1, 0.15) is 33.3 Å². The second-order valence-electron chi connectivity index (χ2n) is 5.36. The molecule has 0 unspecified atom stereocenters. The van der Waals surface area contributed by atoms with E-state index in [4.69, 9.17) is 0 Å². The topological polar surface area (TPSA) is 46.1 Å². The first-order chi connectivity index (χ1) is 7.79. The van der Waals surface area contributed by atoms with Crippen LogP contribution in [0.5, 0.6) is 0 Å². The average molecular weight is 233 g/mol. The molecule has 0 bridgehead atoms. The van der Waals surface area contributed by atoms with Gasteiger partial charge in [0, 0.05) is 18.8 Å². The highest BCUT2D eigenvalue weighted by atomic mass is 16.5. The minimum atomic E-state index is -1.06. The highest BCUT2D eigenvalue weighted by molar-refractivity contribution is 6.03. The summed E-state index contributed by atoms with van der Waals surface area (Å²) in [5.41, 5.74) is -0.543. The van der Waals surface area contributed by atoms with Gasteiger partial charge in [0.2, 0.25) is 0 Å². The summed E-state index contributed by atoms with van der Waals surface area (Å²) in [6.45, 7) is 6.85. The van der Waals surface area contributed by atoms with E-state index >= 15 is 0 Å². The molecule has 0 saturated heterocycles. The summed E-state index contributed by atoms with van der Waals surface area (Å²) < 4.78 is 1.70. The van der Waals surface area contributed by atoms with Crippen molar-refractivity contribution in [2.24, 2.45) is 0 Å². The van der Waals surface area contributed by atoms with Crippen molar-refractivity contribution in [3.63, 3.8) is 0 Å². The molecule has 1 heterocycles. The number of nitrogens with zero attached hydrogens (tertiary/aromatic N) is 2. The van der Waals surface area contributed by atoms with E-state index in [2.05, 4.69) is 0 Å². The number of rotatable bonds is 1. The summed E-state index contributed by atoms with van der Waals surface area (Å²) in [4.78, 5) is 12.2. The summed E-state index contributed by atoms with van der Waals surface area (Å²) in [6, 6.07) is 9.34. The minimum Gasteiger partial charge on any atom is -0.618 e. The Morgan fingerprint density at radius 3 is 2.00 bits per heavy atom. The van der Waals surface area contributed by atoms with Crippen LogP contribution in [0.25, 0.3) is 0 Å². The van der Waals surface area contributed by atoms with Gasteiger partial charge in [0.1, 0.15) is 0 Å². The molecule has 0 atom stereocenters. The molecule has 0 radical (unpaired) electrons. The second-order valence-corrected chi connectivity index (χ2v) is 5.36. The Bertz CT molecular complexity index is 501. The Morgan fingerprint density at radius 2 is 1.59 bits per heavy atom. The number of benzene rings is 1. The predicted molar refractivity (Wildman–Crippen MR) is 66.0 cm³/mol. The summed E-state index contributed by atoms with van der Waals surface area (Å²) in [7, 11) is 0. The van der Waals surface area contributed by atoms with Crippen LogP contribution in [-0.4, -0.2) is 26.4 Å². The fraction of sp³-hybridized carbons (Fsp3) is 0.462. The van der Waals surface area contributed by atoms with Crippen LogP contribution in [0.3, 0.4) is 0 Å². The zero-order chi connectivity index (χ0) is 12.8. The number of hydrogen-bond donors (Lipinski definition) is 0. The molecule has 2 rings (SSSR count). The third-order valence-corrected chi connectivity index (χ3v) is 3.33. The van der Waals surface area contributed by atoms with E-state index in [-0.39, 0.29) is 0 Å². The van der Waals surface area contributed by atoms with Crippen LogP contribution in [-0.2, 0) is 0 Å². The van der Waals surface area contributed by atoms with Crippen molar-refractivity contribution < 1.29 is 9.50 Å². The Labute approximate surface area is 101 Å². The Balaban J connectivity index is 2.67. The van der Waals surface area contributed by atoms with Gasteiger partial charge in [-0.05, 0) is 12.1 Å². The van der Waals surface area contributed by atoms with Crippen LogP contribution >= 0.6 is 0 Å². The average Bonchev–Trinajstić information content (AvgIpc) is 2.39. The third kappa shape index (κ3) is 1.47. The molecule has 0 fully saturated rings. The SMILES string of the molecule is CC1(C)C(c2ccccc2)=[N+]([O-])C(C)(C)[N+]1=O. The third-order valence-electron chi connectivity index (χ3n) is 3.33. The fourth-order valence-electron chi connectivity index (χ4n) is 2.45. The summed E-state index contributed by atoms with van der Waals surface area (Å²) in [5.74, 6) is 0. The van der Waals surface area contributed by atoms with E-state index in [9.17, 15) is 10.1 Å². The van der Waals surface area contributed by atoms with Crippen molar-refractivity contribution in [1.29, 1.82) is 0 Å². The lowest BCUT2D eigenvalue weighted by Gasteiger charge is -2.10. The lowest BCUT2D eigenvalue weighted by molar-refractivity contribution is -0.796. The van der Waals surface area contributed by atoms with Crippen molar-refractivity contribution >= 4 is 5.71 Å². The van der Waals surface area contributed by atoms with Crippen LogP contribution in [0.2, 0.25) is 0 Å². The zero-order valence-corrected chi connectivity index (χ0v) is 10.6. The fourth-order valence-corrected chi connectivity index (χ4v) is 2.45.